The second-order valence-corrected chi connectivity index (χ2v) is 7.25. The van der Waals surface area contributed by atoms with Crippen molar-refractivity contribution in [1.82, 2.24) is 4.98 Å². The van der Waals surface area contributed by atoms with E-state index in [9.17, 15) is 4.79 Å². The average molecular weight is 397 g/mol. The van der Waals surface area contributed by atoms with E-state index in [0.717, 1.165) is 16.6 Å². The van der Waals surface area contributed by atoms with Crippen molar-refractivity contribution in [2.24, 2.45) is 0 Å². The lowest BCUT2D eigenvalue weighted by Crippen LogP contribution is -2.10. The van der Waals surface area contributed by atoms with Gasteiger partial charge in [-0.05, 0) is 54.6 Å². The van der Waals surface area contributed by atoms with Gasteiger partial charge in [0.25, 0.3) is 5.91 Å². The summed E-state index contributed by atoms with van der Waals surface area (Å²) in [6, 6.07) is 22.6. The first-order chi connectivity index (χ1) is 14.6. The Morgan fingerprint density at radius 3 is 2.47 bits per heavy atom. The van der Waals surface area contributed by atoms with Crippen molar-refractivity contribution in [3.05, 3.63) is 78.6 Å². The quantitative estimate of drug-likeness (QED) is 0.430. The SMILES string of the molecule is CN(C)c1ccc(-c2nc3cc(NC(=O)c4cc5ccccc5o4)ccc3o2)cc1. The van der Waals surface area contributed by atoms with E-state index < -0.39 is 0 Å². The Hall–Kier alpha value is -4.06. The highest BCUT2D eigenvalue weighted by atomic mass is 16.4. The first kappa shape index (κ1) is 18.0. The molecule has 1 amide bonds. The van der Waals surface area contributed by atoms with Crippen LogP contribution in [0.1, 0.15) is 10.6 Å². The standard InChI is InChI=1S/C24H19N3O3/c1-27(2)18-10-7-15(8-11-18)24-26-19-14-17(9-12-21(19)30-24)25-23(28)22-13-16-5-3-4-6-20(16)29-22/h3-14H,1-2H3,(H,25,28). The minimum Gasteiger partial charge on any atom is -0.451 e. The normalized spacial score (nSPS) is 11.1. The molecule has 0 atom stereocenters. The number of nitrogens with one attached hydrogen (secondary N) is 1. The van der Waals surface area contributed by atoms with Crippen molar-refractivity contribution in [3.63, 3.8) is 0 Å². The Labute approximate surface area is 172 Å². The van der Waals surface area contributed by atoms with Crippen LogP contribution in [0.5, 0.6) is 0 Å². The second-order valence-electron chi connectivity index (χ2n) is 7.25. The summed E-state index contributed by atoms with van der Waals surface area (Å²) in [6.07, 6.45) is 0. The number of hydrogen-bond donors (Lipinski definition) is 1. The van der Waals surface area contributed by atoms with Crippen LogP contribution in [0.2, 0.25) is 0 Å². The summed E-state index contributed by atoms with van der Waals surface area (Å²) in [5.41, 5.74) is 4.62. The van der Waals surface area contributed by atoms with Crippen LogP contribution in [0.15, 0.2) is 81.6 Å². The third-order valence-corrected chi connectivity index (χ3v) is 4.93. The molecule has 0 aliphatic rings. The number of nitrogens with zero attached hydrogens (tertiary/aromatic N) is 2. The van der Waals surface area contributed by atoms with Crippen molar-refractivity contribution in [1.29, 1.82) is 0 Å². The van der Waals surface area contributed by atoms with Crippen LogP contribution >= 0.6 is 0 Å². The Bertz CT molecular complexity index is 1330. The van der Waals surface area contributed by atoms with Crippen LogP contribution in [0, 0.1) is 0 Å². The monoisotopic (exact) mass is 397 g/mol. The summed E-state index contributed by atoms with van der Waals surface area (Å²) in [7, 11) is 3.99. The zero-order valence-electron chi connectivity index (χ0n) is 16.5. The molecule has 0 bridgehead atoms. The van der Waals surface area contributed by atoms with E-state index in [1.807, 2.05) is 67.5 Å². The number of carbonyl (C=O) groups excluding carboxylic acids is 1. The van der Waals surface area contributed by atoms with Gasteiger partial charge in [-0.15, -0.1) is 0 Å². The van der Waals surface area contributed by atoms with E-state index in [4.69, 9.17) is 8.83 Å². The van der Waals surface area contributed by atoms with Crippen molar-refractivity contribution < 1.29 is 13.6 Å². The van der Waals surface area contributed by atoms with E-state index >= 15 is 0 Å². The van der Waals surface area contributed by atoms with Crippen LogP contribution < -0.4 is 10.2 Å². The maximum Gasteiger partial charge on any atom is 0.291 e. The Kier molecular flexibility index (Phi) is 4.25. The number of amides is 1. The highest BCUT2D eigenvalue weighted by Crippen LogP contribution is 2.28. The number of oxazole rings is 1. The number of carbonyl (C=O) groups is 1. The van der Waals surface area contributed by atoms with Gasteiger partial charge < -0.3 is 19.1 Å². The third kappa shape index (κ3) is 3.28. The topological polar surface area (TPSA) is 71.5 Å². The van der Waals surface area contributed by atoms with Crippen molar-refractivity contribution in [2.75, 3.05) is 24.3 Å². The van der Waals surface area contributed by atoms with Crippen molar-refractivity contribution >= 4 is 39.4 Å². The summed E-state index contributed by atoms with van der Waals surface area (Å²) in [5.74, 6) is 0.489. The minimum absolute atomic E-state index is 0.262. The minimum atomic E-state index is -0.312. The zero-order chi connectivity index (χ0) is 20.7. The molecule has 0 spiro atoms. The van der Waals surface area contributed by atoms with Gasteiger partial charge in [-0.2, -0.15) is 0 Å². The molecule has 0 unspecified atom stereocenters. The van der Waals surface area contributed by atoms with Crippen LogP contribution in [-0.2, 0) is 0 Å². The number of rotatable bonds is 4. The van der Waals surface area contributed by atoms with E-state index in [-0.39, 0.29) is 11.7 Å². The molecule has 0 fully saturated rings. The van der Waals surface area contributed by atoms with Gasteiger partial charge in [-0.1, -0.05) is 18.2 Å². The predicted octanol–water partition coefficient (Wildman–Crippen LogP) is 5.56. The van der Waals surface area contributed by atoms with Crippen molar-refractivity contribution in [2.45, 2.75) is 0 Å². The predicted molar refractivity (Wildman–Crippen MR) is 118 cm³/mol. The van der Waals surface area contributed by atoms with Gasteiger partial charge in [0.2, 0.25) is 5.89 Å². The van der Waals surface area contributed by atoms with Gasteiger partial charge in [-0.25, -0.2) is 4.98 Å². The number of furan rings is 1. The van der Waals surface area contributed by atoms with E-state index in [0.29, 0.717) is 28.3 Å². The smallest absolute Gasteiger partial charge is 0.291 e. The highest BCUT2D eigenvalue weighted by Gasteiger charge is 2.14. The maximum absolute atomic E-state index is 12.6. The summed E-state index contributed by atoms with van der Waals surface area (Å²) in [6.45, 7) is 0. The molecule has 1 N–H and O–H groups in total. The molecule has 0 saturated carbocycles. The van der Waals surface area contributed by atoms with E-state index in [2.05, 4.69) is 10.3 Å². The molecule has 3 aromatic carbocycles. The second kappa shape index (κ2) is 7.08. The fourth-order valence-corrected chi connectivity index (χ4v) is 3.32. The Morgan fingerprint density at radius 1 is 0.900 bits per heavy atom. The van der Waals surface area contributed by atoms with Gasteiger partial charge in [0, 0.05) is 36.4 Å². The van der Waals surface area contributed by atoms with E-state index in [1.165, 1.54) is 0 Å². The molecule has 5 rings (SSSR count). The molecule has 6 heteroatoms. The molecule has 6 nitrogen and oxygen atoms in total. The molecule has 30 heavy (non-hydrogen) atoms. The molecular weight excluding hydrogens is 378 g/mol. The largest absolute Gasteiger partial charge is 0.451 e. The van der Waals surface area contributed by atoms with E-state index in [1.54, 1.807) is 24.3 Å². The summed E-state index contributed by atoms with van der Waals surface area (Å²) in [5, 5.41) is 3.75. The lowest BCUT2D eigenvalue weighted by molar-refractivity contribution is 0.0998. The Balaban J connectivity index is 1.40. The molecule has 148 valence electrons. The van der Waals surface area contributed by atoms with Crippen LogP contribution in [0.25, 0.3) is 33.5 Å². The molecule has 0 radical (unpaired) electrons. The lowest BCUT2D eigenvalue weighted by Gasteiger charge is -2.11. The maximum atomic E-state index is 12.6. The van der Waals surface area contributed by atoms with Crippen LogP contribution in [0.4, 0.5) is 11.4 Å². The number of hydrogen-bond acceptors (Lipinski definition) is 5. The first-order valence-corrected chi connectivity index (χ1v) is 9.55. The highest BCUT2D eigenvalue weighted by molar-refractivity contribution is 6.05. The first-order valence-electron chi connectivity index (χ1n) is 9.55. The summed E-state index contributed by atoms with van der Waals surface area (Å²) in [4.78, 5) is 19.2. The third-order valence-electron chi connectivity index (χ3n) is 4.93. The molecule has 5 aromatic rings. The van der Waals surface area contributed by atoms with Gasteiger partial charge in [0.1, 0.15) is 11.1 Å². The molecule has 2 heterocycles. The summed E-state index contributed by atoms with van der Waals surface area (Å²) < 4.78 is 11.5. The molecular formula is C24H19N3O3. The molecule has 0 saturated heterocycles. The fraction of sp³-hybridized carbons (Fsp3) is 0.0833. The van der Waals surface area contributed by atoms with Crippen LogP contribution in [-0.4, -0.2) is 25.0 Å². The Morgan fingerprint density at radius 2 is 1.70 bits per heavy atom. The lowest BCUT2D eigenvalue weighted by atomic mass is 10.2. The summed E-state index contributed by atoms with van der Waals surface area (Å²) >= 11 is 0. The zero-order valence-corrected chi connectivity index (χ0v) is 16.5. The number of benzene rings is 3. The number of aromatic nitrogens is 1. The van der Waals surface area contributed by atoms with Gasteiger partial charge >= 0.3 is 0 Å². The van der Waals surface area contributed by atoms with Gasteiger partial charge in [-0.3, -0.25) is 4.79 Å². The number of fused-ring (bicyclic) bond motifs is 2. The van der Waals surface area contributed by atoms with Gasteiger partial charge in [0.05, 0.1) is 0 Å². The molecule has 0 aliphatic heterocycles. The van der Waals surface area contributed by atoms with Gasteiger partial charge in [0.15, 0.2) is 11.3 Å². The number of anilines is 2. The van der Waals surface area contributed by atoms with Crippen molar-refractivity contribution in [3.8, 4) is 11.5 Å². The number of para-hydroxylation sites is 1. The molecule has 2 aromatic heterocycles. The fourth-order valence-electron chi connectivity index (χ4n) is 3.32. The molecule has 0 aliphatic carbocycles. The van der Waals surface area contributed by atoms with Crippen LogP contribution in [0.3, 0.4) is 0 Å². The average Bonchev–Trinajstić information content (AvgIpc) is 3.37.